The molecule has 21 heavy (non-hydrogen) atoms. The number of aromatic nitrogens is 1. The van der Waals surface area contributed by atoms with Gasteiger partial charge in [-0.05, 0) is 43.7 Å². The van der Waals surface area contributed by atoms with Crippen molar-refractivity contribution in [1.29, 1.82) is 0 Å². The van der Waals surface area contributed by atoms with E-state index in [1.165, 1.54) is 7.11 Å². The summed E-state index contributed by atoms with van der Waals surface area (Å²) in [6.45, 7) is 4.18. The maximum atomic E-state index is 11.5. The fourth-order valence-electron chi connectivity index (χ4n) is 1.97. The van der Waals surface area contributed by atoms with E-state index in [-0.39, 0.29) is 11.7 Å². The van der Waals surface area contributed by atoms with E-state index in [4.69, 9.17) is 4.74 Å². The van der Waals surface area contributed by atoms with Crippen LogP contribution in [0.2, 0.25) is 0 Å². The molecule has 2 rings (SSSR count). The van der Waals surface area contributed by atoms with Gasteiger partial charge in [0.2, 0.25) is 0 Å². The molecular weight excluding hydrogens is 268 g/mol. The van der Waals surface area contributed by atoms with Crippen LogP contribution in [0.5, 0.6) is 5.75 Å². The molecule has 0 atom stereocenters. The number of methoxy groups -OCH3 is 1. The van der Waals surface area contributed by atoms with Gasteiger partial charge in [-0.25, -0.2) is 4.79 Å². The van der Waals surface area contributed by atoms with Crippen LogP contribution in [0.3, 0.4) is 0 Å². The normalized spacial score (nSPS) is 10.2. The number of ether oxygens (including phenoxy) is 1. The Morgan fingerprint density at radius 1 is 1.29 bits per heavy atom. The van der Waals surface area contributed by atoms with Crippen molar-refractivity contribution in [3.8, 4) is 5.75 Å². The van der Waals surface area contributed by atoms with Crippen LogP contribution in [0.15, 0.2) is 30.3 Å². The van der Waals surface area contributed by atoms with Crippen molar-refractivity contribution in [2.75, 3.05) is 12.4 Å². The molecule has 5 heteroatoms. The van der Waals surface area contributed by atoms with Gasteiger partial charge in [-0.3, -0.25) is 4.98 Å². The van der Waals surface area contributed by atoms with E-state index in [0.717, 1.165) is 16.9 Å². The van der Waals surface area contributed by atoms with Crippen molar-refractivity contribution in [3.05, 3.63) is 52.8 Å². The van der Waals surface area contributed by atoms with Crippen LogP contribution in [0.4, 0.5) is 5.69 Å². The molecule has 0 fully saturated rings. The Morgan fingerprint density at radius 2 is 2.05 bits per heavy atom. The Balaban J connectivity index is 2.19. The molecule has 0 bridgehead atoms. The van der Waals surface area contributed by atoms with Crippen LogP contribution in [-0.4, -0.2) is 23.2 Å². The highest BCUT2D eigenvalue weighted by Crippen LogP contribution is 2.20. The van der Waals surface area contributed by atoms with Crippen LogP contribution in [0.25, 0.3) is 0 Å². The minimum absolute atomic E-state index is 0.148. The summed E-state index contributed by atoms with van der Waals surface area (Å²) in [5.74, 6) is -0.232. The van der Waals surface area contributed by atoms with E-state index in [1.54, 1.807) is 24.3 Å². The highest BCUT2D eigenvalue weighted by atomic mass is 16.5. The average Bonchev–Trinajstić information content (AvgIpc) is 2.48. The predicted molar refractivity (Wildman–Crippen MR) is 80.5 cm³/mol. The van der Waals surface area contributed by atoms with Crippen LogP contribution in [0.1, 0.15) is 27.3 Å². The highest BCUT2D eigenvalue weighted by Gasteiger charge is 2.09. The maximum absolute atomic E-state index is 11.5. The van der Waals surface area contributed by atoms with Gasteiger partial charge in [-0.1, -0.05) is 6.07 Å². The third-order valence-corrected chi connectivity index (χ3v) is 3.19. The third-order valence-electron chi connectivity index (χ3n) is 3.19. The number of anilines is 1. The molecule has 1 aromatic carbocycles. The monoisotopic (exact) mass is 286 g/mol. The Hall–Kier alpha value is -2.56. The molecule has 0 amide bonds. The number of carbonyl (C=O) groups is 1. The Bertz CT molecular complexity index is 669. The van der Waals surface area contributed by atoms with Crippen molar-refractivity contribution in [3.63, 3.8) is 0 Å². The Kier molecular flexibility index (Phi) is 4.42. The number of aromatic hydroxyl groups is 1. The summed E-state index contributed by atoms with van der Waals surface area (Å²) >= 11 is 0. The lowest BCUT2D eigenvalue weighted by Gasteiger charge is -2.12. The number of benzene rings is 1. The van der Waals surface area contributed by atoms with E-state index < -0.39 is 0 Å². The lowest BCUT2D eigenvalue weighted by molar-refractivity contribution is 0.0601. The average molecular weight is 286 g/mol. The molecule has 0 unspecified atom stereocenters. The third kappa shape index (κ3) is 3.51. The molecule has 2 aromatic rings. The van der Waals surface area contributed by atoms with Gasteiger partial charge in [0.05, 0.1) is 19.2 Å². The van der Waals surface area contributed by atoms with E-state index >= 15 is 0 Å². The lowest BCUT2D eigenvalue weighted by Crippen LogP contribution is -2.06. The van der Waals surface area contributed by atoms with E-state index in [1.807, 2.05) is 19.9 Å². The highest BCUT2D eigenvalue weighted by molar-refractivity contribution is 5.90. The molecular formula is C16H18N2O3. The summed E-state index contributed by atoms with van der Waals surface area (Å²) in [5, 5.41) is 13.0. The van der Waals surface area contributed by atoms with Gasteiger partial charge < -0.3 is 15.2 Å². The standard InChI is InChI=1S/C16H18N2O3/c1-10-4-6-12(16(20)21-3)8-13(10)17-9-14-15(19)7-5-11(2)18-14/h4-8,17,19H,9H2,1-3H3. The summed E-state index contributed by atoms with van der Waals surface area (Å²) in [5.41, 5.74) is 3.69. The molecule has 0 aliphatic heterocycles. The number of esters is 1. The summed E-state index contributed by atoms with van der Waals surface area (Å²) in [6.07, 6.45) is 0. The minimum atomic E-state index is -0.380. The predicted octanol–water partition coefficient (Wildman–Crippen LogP) is 2.80. The number of carbonyl (C=O) groups excluding carboxylic acids is 1. The summed E-state index contributed by atoms with van der Waals surface area (Å²) in [4.78, 5) is 15.8. The van der Waals surface area contributed by atoms with Crippen molar-refractivity contribution in [2.45, 2.75) is 20.4 Å². The van der Waals surface area contributed by atoms with E-state index in [9.17, 15) is 9.90 Å². The number of nitrogens with one attached hydrogen (secondary N) is 1. The number of pyridine rings is 1. The molecule has 0 radical (unpaired) electrons. The zero-order chi connectivity index (χ0) is 15.4. The number of nitrogens with zero attached hydrogens (tertiary/aromatic N) is 1. The van der Waals surface area contributed by atoms with Gasteiger partial charge in [0, 0.05) is 11.4 Å². The molecule has 0 saturated heterocycles. The molecule has 0 aliphatic rings. The second-order valence-electron chi connectivity index (χ2n) is 4.79. The van der Waals surface area contributed by atoms with E-state index in [0.29, 0.717) is 17.8 Å². The lowest BCUT2D eigenvalue weighted by atomic mass is 10.1. The van der Waals surface area contributed by atoms with Gasteiger partial charge >= 0.3 is 5.97 Å². The number of aryl methyl sites for hydroxylation is 2. The molecule has 110 valence electrons. The fraction of sp³-hybridized carbons (Fsp3) is 0.250. The molecule has 5 nitrogen and oxygen atoms in total. The number of hydrogen-bond acceptors (Lipinski definition) is 5. The topological polar surface area (TPSA) is 71.5 Å². The van der Waals surface area contributed by atoms with Crippen molar-refractivity contribution in [1.82, 2.24) is 4.98 Å². The number of hydrogen-bond donors (Lipinski definition) is 2. The van der Waals surface area contributed by atoms with Gasteiger partial charge in [-0.2, -0.15) is 0 Å². The van der Waals surface area contributed by atoms with Gasteiger partial charge in [-0.15, -0.1) is 0 Å². The summed E-state index contributed by atoms with van der Waals surface area (Å²) in [6, 6.07) is 8.67. The second kappa shape index (κ2) is 6.26. The van der Waals surface area contributed by atoms with Gasteiger partial charge in [0.1, 0.15) is 11.4 Å². The van der Waals surface area contributed by atoms with Crippen molar-refractivity contribution < 1.29 is 14.6 Å². The smallest absolute Gasteiger partial charge is 0.337 e. The van der Waals surface area contributed by atoms with Crippen molar-refractivity contribution >= 4 is 11.7 Å². The van der Waals surface area contributed by atoms with Crippen molar-refractivity contribution in [2.24, 2.45) is 0 Å². The quantitative estimate of drug-likeness (QED) is 0.846. The molecule has 0 aliphatic carbocycles. The first-order chi connectivity index (χ1) is 10.0. The Labute approximate surface area is 123 Å². The largest absolute Gasteiger partial charge is 0.506 e. The minimum Gasteiger partial charge on any atom is -0.506 e. The maximum Gasteiger partial charge on any atom is 0.337 e. The zero-order valence-electron chi connectivity index (χ0n) is 12.3. The molecule has 0 spiro atoms. The molecule has 0 saturated carbocycles. The fourth-order valence-corrected chi connectivity index (χ4v) is 1.97. The first-order valence-corrected chi connectivity index (χ1v) is 6.59. The Morgan fingerprint density at radius 3 is 2.76 bits per heavy atom. The van der Waals surface area contributed by atoms with Crippen LogP contribution >= 0.6 is 0 Å². The first kappa shape index (κ1) is 14.8. The molecule has 2 N–H and O–H groups in total. The molecule has 1 aromatic heterocycles. The first-order valence-electron chi connectivity index (χ1n) is 6.59. The SMILES string of the molecule is COC(=O)c1ccc(C)c(NCc2nc(C)ccc2O)c1. The van der Waals surface area contributed by atoms with Crippen LogP contribution in [-0.2, 0) is 11.3 Å². The zero-order valence-corrected chi connectivity index (χ0v) is 12.3. The van der Waals surface area contributed by atoms with Crippen LogP contribution in [0, 0.1) is 13.8 Å². The van der Waals surface area contributed by atoms with Gasteiger partial charge in [0.15, 0.2) is 0 Å². The molecule has 1 heterocycles. The number of rotatable bonds is 4. The summed E-state index contributed by atoms with van der Waals surface area (Å²) in [7, 11) is 1.35. The van der Waals surface area contributed by atoms with Gasteiger partial charge in [0.25, 0.3) is 0 Å². The second-order valence-corrected chi connectivity index (χ2v) is 4.79. The van der Waals surface area contributed by atoms with Crippen LogP contribution < -0.4 is 5.32 Å². The summed E-state index contributed by atoms with van der Waals surface area (Å²) < 4.78 is 4.71. The van der Waals surface area contributed by atoms with E-state index in [2.05, 4.69) is 10.3 Å².